The summed E-state index contributed by atoms with van der Waals surface area (Å²) in [6.07, 6.45) is 2.64. The number of ether oxygens (including phenoxy) is 2. The van der Waals surface area contributed by atoms with Crippen LogP contribution in [0.1, 0.15) is 32.3 Å². The van der Waals surface area contributed by atoms with Crippen LogP contribution in [0.5, 0.6) is 11.5 Å². The third-order valence-corrected chi connectivity index (χ3v) is 6.93. The fraction of sp³-hybridized carbons (Fsp3) is 0.440. The molecule has 1 heterocycles. The molecule has 1 N–H and O–H groups in total. The van der Waals surface area contributed by atoms with Crippen LogP contribution in [0.3, 0.4) is 0 Å². The van der Waals surface area contributed by atoms with E-state index in [4.69, 9.17) is 9.47 Å². The van der Waals surface area contributed by atoms with E-state index in [1.54, 1.807) is 12.1 Å². The first-order valence-electron chi connectivity index (χ1n) is 11.8. The molecule has 0 radical (unpaired) electrons. The normalized spacial score (nSPS) is 13.6. The Labute approximate surface area is 211 Å². The molecule has 9 nitrogen and oxygen atoms in total. The van der Waals surface area contributed by atoms with Gasteiger partial charge in [-0.3, -0.25) is 13.9 Å². The molecule has 0 fully saturated rings. The van der Waals surface area contributed by atoms with Crippen molar-refractivity contribution in [1.29, 1.82) is 0 Å². The smallest absolute Gasteiger partial charge is 0.244 e. The number of amides is 2. The van der Waals surface area contributed by atoms with Gasteiger partial charge in [-0.1, -0.05) is 31.5 Å². The van der Waals surface area contributed by atoms with Crippen LogP contribution in [-0.4, -0.2) is 63.7 Å². The van der Waals surface area contributed by atoms with Crippen molar-refractivity contribution < 1.29 is 31.9 Å². The number of hydrogen-bond acceptors (Lipinski definition) is 6. The molecule has 11 heteroatoms. The van der Waals surface area contributed by atoms with Gasteiger partial charge in [0.25, 0.3) is 0 Å². The number of fused-ring (bicyclic) bond motifs is 1. The van der Waals surface area contributed by atoms with E-state index < -0.39 is 40.2 Å². The molecule has 36 heavy (non-hydrogen) atoms. The summed E-state index contributed by atoms with van der Waals surface area (Å²) in [7, 11) is -3.90. The minimum Gasteiger partial charge on any atom is -0.486 e. The molecule has 1 atom stereocenters. The van der Waals surface area contributed by atoms with Crippen LogP contribution in [-0.2, 0) is 26.2 Å². The van der Waals surface area contributed by atoms with Crippen molar-refractivity contribution in [3.63, 3.8) is 0 Å². The van der Waals surface area contributed by atoms with Gasteiger partial charge in [-0.25, -0.2) is 12.8 Å². The third-order valence-electron chi connectivity index (χ3n) is 5.79. The third kappa shape index (κ3) is 6.87. The first kappa shape index (κ1) is 27.3. The Bertz CT molecular complexity index is 1190. The molecule has 0 saturated heterocycles. The molecular weight excluding hydrogens is 489 g/mol. The number of carbonyl (C=O) groups excluding carboxylic acids is 2. The average Bonchev–Trinajstić information content (AvgIpc) is 2.85. The fourth-order valence-electron chi connectivity index (χ4n) is 3.73. The number of halogens is 1. The molecule has 2 aromatic carbocycles. The topological polar surface area (TPSA) is 105 Å². The molecule has 0 aromatic heterocycles. The lowest BCUT2D eigenvalue weighted by Gasteiger charge is -2.32. The number of rotatable bonds is 11. The molecule has 196 valence electrons. The Hall–Kier alpha value is -3.34. The monoisotopic (exact) mass is 521 g/mol. The predicted molar refractivity (Wildman–Crippen MR) is 134 cm³/mol. The lowest BCUT2D eigenvalue weighted by molar-refractivity contribution is -0.139. The highest BCUT2D eigenvalue weighted by molar-refractivity contribution is 7.92. The van der Waals surface area contributed by atoms with Crippen LogP contribution in [0.15, 0.2) is 42.5 Å². The number of nitrogens with one attached hydrogen (secondary N) is 1. The molecule has 3 rings (SSSR count). The minimum absolute atomic E-state index is 0.202. The summed E-state index contributed by atoms with van der Waals surface area (Å²) in [6.45, 7) is 3.87. The summed E-state index contributed by atoms with van der Waals surface area (Å²) in [5.41, 5.74) is 0.422. The number of nitrogens with zero attached hydrogens (tertiary/aromatic N) is 2. The van der Waals surface area contributed by atoms with E-state index in [9.17, 15) is 22.4 Å². The summed E-state index contributed by atoms with van der Waals surface area (Å²) in [6, 6.07) is 9.57. The zero-order valence-electron chi connectivity index (χ0n) is 20.7. The highest BCUT2D eigenvalue weighted by Crippen LogP contribution is 2.34. The quantitative estimate of drug-likeness (QED) is 0.456. The number of anilines is 1. The van der Waals surface area contributed by atoms with Crippen LogP contribution in [0.4, 0.5) is 10.1 Å². The predicted octanol–water partition coefficient (Wildman–Crippen LogP) is 2.70. The van der Waals surface area contributed by atoms with Crippen LogP contribution in [0.2, 0.25) is 0 Å². The molecule has 0 bridgehead atoms. The van der Waals surface area contributed by atoms with E-state index in [0.717, 1.165) is 23.4 Å². The SMILES string of the molecule is CCCCNC(=O)C(C)N(Cc1ccccc1F)C(=O)CN(c1ccc2c(c1)OCCO2)S(C)(=O)=O. The van der Waals surface area contributed by atoms with Crippen LogP contribution in [0, 0.1) is 5.82 Å². The largest absolute Gasteiger partial charge is 0.486 e. The van der Waals surface area contributed by atoms with Gasteiger partial charge in [-0.2, -0.15) is 0 Å². The van der Waals surface area contributed by atoms with Gasteiger partial charge in [-0.05, 0) is 31.5 Å². The van der Waals surface area contributed by atoms with Crippen LogP contribution in [0.25, 0.3) is 0 Å². The zero-order chi connectivity index (χ0) is 26.3. The summed E-state index contributed by atoms with van der Waals surface area (Å²) < 4.78 is 51.8. The summed E-state index contributed by atoms with van der Waals surface area (Å²) in [5.74, 6) is -0.745. The Morgan fingerprint density at radius 2 is 1.81 bits per heavy atom. The van der Waals surface area contributed by atoms with Crippen molar-refractivity contribution in [3.8, 4) is 11.5 Å². The standard InChI is InChI=1S/C25H32FN3O6S/c1-4-5-12-27-25(31)18(2)28(16-19-8-6-7-9-21(19)26)24(30)17-29(36(3,32)33)20-10-11-22-23(15-20)35-14-13-34-22/h6-11,15,18H,4-5,12-14,16-17H2,1-3H3,(H,27,31). The lowest BCUT2D eigenvalue weighted by atomic mass is 10.1. The molecule has 0 spiro atoms. The molecular formula is C25H32FN3O6S. The maximum Gasteiger partial charge on any atom is 0.244 e. The van der Waals surface area contributed by atoms with Gasteiger partial charge in [0.05, 0.1) is 11.9 Å². The maximum absolute atomic E-state index is 14.4. The highest BCUT2D eigenvalue weighted by Gasteiger charge is 2.31. The van der Waals surface area contributed by atoms with E-state index in [-0.39, 0.29) is 17.8 Å². The van der Waals surface area contributed by atoms with Crippen molar-refractivity contribution in [2.75, 3.05) is 36.9 Å². The number of hydrogen-bond donors (Lipinski definition) is 1. The zero-order valence-corrected chi connectivity index (χ0v) is 21.5. The van der Waals surface area contributed by atoms with Crippen molar-refractivity contribution in [1.82, 2.24) is 10.2 Å². The fourth-order valence-corrected chi connectivity index (χ4v) is 4.57. The van der Waals surface area contributed by atoms with Crippen molar-refractivity contribution in [3.05, 3.63) is 53.8 Å². The van der Waals surface area contributed by atoms with Gasteiger partial charge in [0, 0.05) is 24.7 Å². The second kappa shape index (κ2) is 12.1. The summed E-state index contributed by atoms with van der Waals surface area (Å²) >= 11 is 0. The average molecular weight is 522 g/mol. The maximum atomic E-state index is 14.4. The van der Waals surface area contributed by atoms with Crippen LogP contribution < -0.4 is 19.1 Å². The van der Waals surface area contributed by atoms with Gasteiger partial charge in [-0.15, -0.1) is 0 Å². The second-order valence-corrected chi connectivity index (χ2v) is 10.4. The van der Waals surface area contributed by atoms with Crippen molar-refractivity contribution >= 4 is 27.5 Å². The van der Waals surface area contributed by atoms with Crippen LogP contribution >= 0.6 is 0 Å². The molecule has 1 unspecified atom stereocenters. The Morgan fingerprint density at radius 3 is 2.47 bits per heavy atom. The van der Waals surface area contributed by atoms with Gasteiger partial charge in [0.15, 0.2) is 11.5 Å². The van der Waals surface area contributed by atoms with Crippen molar-refractivity contribution in [2.24, 2.45) is 0 Å². The van der Waals surface area contributed by atoms with E-state index in [1.807, 2.05) is 6.92 Å². The van der Waals surface area contributed by atoms with Gasteiger partial charge >= 0.3 is 0 Å². The van der Waals surface area contributed by atoms with E-state index in [2.05, 4.69) is 5.32 Å². The first-order chi connectivity index (χ1) is 17.1. The molecule has 0 aliphatic carbocycles. The lowest BCUT2D eigenvalue weighted by Crippen LogP contribution is -2.51. The molecule has 1 aliphatic heterocycles. The van der Waals surface area contributed by atoms with E-state index in [0.29, 0.717) is 31.3 Å². The van der Waals surface area contributed by atoms with E-state index >= 15 is 0 Å². The Balaban J connectivity index is 1.90. The summed E-state index contributed by atoms with van der Waals surface area (Å²) in [4.78, 5) is 27.5. The number of unbranched alkanes of at least 4 members (excludes halogenated alkanes) is 1. The molecule has 0 saturated carbocycles. The highest BCUT2D eigenvalue weighted by atomic mass is 32.2. The number of sulfonamides is 1. The van der Waals surface area contributed by atoms with E-state index in [1.165, 1.54) is 42.2 Å². The van der Waals surface area contributed by atoms with Crippen molar-refractivity contribution in [2.45, 2.75) is 39.3 Å². The van der Waals surface area contributed by atoms with Gasteiger partial charge < -0.3 is 19.7 Å². The van der Waals surface area contributed by atoms with Gasteiger partial charge in [0.1, 0.15) is 31.6 Å². The van der Waals surface area contributed by atoms with Gasteiger partial charge in [0.2, 0.25) is 21.8 Å². The Kier molecular flexibility index (Phi) is 9.14. The Morgan fingerprint density at radius 1 is 1.11 bits per heavy atom. The molecule has 2 amide bonds. The second-order valence-electron chi connectivity index (χ2n) is 8.53. The number of carbonyl (C=O) groups is 2. The minimum atomic E-state index is -3.90. The first-order valence-corrected chi connectivity index (χ1v) is 13.6. The molecule has 1 aliphatic rings. The summed E-state index contributed by atoms with van der Waals surface area (Å²) in [5, 5.41) is 2.78. The molecule has 2 aromatic rings. The number of benzene rings is 2.